The Morgan fingerprint density at radius 1 is 1.20 bits per heavy atom. The van der Waals surface area contributed by atoms with Crippen LogP contribution in [0.25, 0.3) is 0 Å². The Kier molecular flexibility index (Phi) is 6.25. The largest absolute Gasteiger partial charge is 0.487 e. The van der Waals surface area contributed by atoms with Crippen LogP contribution >= 0.6 is 0 Å². The number of nitrogens with zero attached hydrogens (tertiary/aromatic N) is 1. The second-order valence-corrected chi connectivity index (χ2v) is 8.31. The number of hydrogen-bond donors (Lipinski definition) is 2. The number of aliphatic hydroxyl groups excluding tert-OH is 1. The quantitative estimate of drug-likeness (QED) is 0.734. The Bertz CT molecular complexity index is 871. The number of carbonyl (C=O) groups is 1. The first-order chi connectivity index (χ1) is 14.5. The van der Waals surface area contributed by atoms with E-state index in [2.05, 4.69) is 28.4 Å². The van der Waals surface area contributed by atoms with Crippen LogP contribution in [0.1, 0.15) is 29.9 Å². The molecule has 2 N–H and O–H groups in total. The number of amides is 1. The van der Waals surface area contributed by atoms with Crippen LogP contribution in [0.2, 0.25) is 0 Å². The van der Waals surface area contributed by atoms with Crippen LogP contribution in [0.5, 0.6) is 5.75 Å². The summed E-state index contributed by atoms with van der Waals surface area (Å²) in [5.74, 6) is 0.950. The molecule has 0 radical (unpaired) electrons. The standard InChI is InChI=1S/C24H30N2O4/c1-26(2)17-8-9-21-19(12-17)20-13-18(29-22(15-27)24(20)30-21)14-23(28)25-11-10-16-6-4-3-5-7-16/h3-9,12,18,20,22,24,27H,10-11,13-15H2,1-2H3,(H,25,28)/t18-,20-,22+,24+/m1/s1. The van der Waals surface area contributed by atoms with Crippen molar-refractivity contribution < 1.29 is 19.4 Å². The van der Waals surface area contributed by atoms with E-state index in [0.29, 0.717) is 13.0 Å². The maximum atomic E-state index is 12.5. The van der Waals surface area contributed by atoms with Gasteiger partial charge >= 0.3 is 0 Å². The molecule has 0 aromatic heterocycles. The average molecular weight is 411 g/mol. The van der Waals surface area contributed by atoms with Crippen molar-refractivity contribution in [1.82, 2.24) is 5.32 Å². The minimum Gasteiger partial charge on any atom is -0.487 e. The zero-order valence-electron chi connectivity index (χ0n) is 17.6. The van der Waals surface area contributed by atoms with E-state index in [1.54, 1.807) is 0 Å². The number of carbonyl (C=O) groups excluding carboxylic acids is 1. The molecule has 1 amide bonds. The van der Waals surface area contributed by atoms with E-state index < -0.39 is 6.10 Å². The summed E-state index contributed by atoms with van der Waals surface area (Å²) >= 11 is 0. The molecule has 1 fully saturated rings. The lowest BCUT2D eigenvalue weighted by Gasteiger charge is -2.37. The van der Waals surface area contributed by atoms with Crippen LogP contribution in [0, 0.1) is 0 Å². The van der Waals surface area contributed by atoms with E-state index in [9.17, 15) is 9.90 Å². The predicted molar refractivity (Wildman–Crippen MR) is 116 cm³/mol. The molecule has 6 nitrogen and oxygen atoms in total. The number of fused-ring (bicyclic) bond motifs is 3. The van der Waals surface area contributed by atoms with Crippen molar-refractivity contribution in [3.63, 3.8) is 0 Å². The van der Waals surface area contributed by atoms with Gasteiger partial charge in [0.15, 0.2) is 0 Å². The molecule has 2 aromatic carbocycles. The molecular weight excluding hydrogens is 380 g/mol. The van der Waals surface area contributed by atoms with Crippen LogP contribution in [0.15, 0.2) is 48.5 Å². The summed E-state index contributed by atoms with van der Waals surface area (Å²) in [5.41, 5.74) is 3.45. The van der Waals surface area contributed by atoms with Gasteiger partial charge < -0.3 is 24.8 Å². The molecule has 30 heavy (non-hydrogen) atoms. The van der Waals surface area contributed by atoms with E-state index in [4.69, 9.17) is 9.47 Å². The highest BCUT2D eigenvalue weighted by Gasteiger charge is 2.46. The Morgan fingerprint density at radius 3 is 2.73 bits per heavy atom. The summed E-state index contributed by atoms with van der Waals surface area (Å²) < 4.78 is 12.2. The van der Waals surface area contributed by atoms with E-state index in [-0.39, 0.29) is 37.1 Å². The van der Waals surface area contributed by atoms with Gasteiger partial charge in [0.1, 0.15) is 18.0 Å². The highest BCUT2D eigenvalue weighted by atomic mass is 16.6. The first-order valence-corrected chi connectivity index (χ1v) is 10.6. The topological polar surface area (TPSA) is 71.0 Å². The molecule has 0 spiro atoms. The van der Waals surface area contributed by atoms with Crippen LogP contribution in [-0.2, 0) is 16.0 Å². The molecule has 1 saturated heterocycles. The number of nitrogens with one attached hydrogen (secondary N) is 1. The number of hydrogen-bond acceptors (Lipinski definition) is 5. The summed E-state index contributed by atoms with van der Waals surface area (Å²) in [6.07, 6.45) is 0.920. The lowest BCUT2D eigenvalue weighted by Crippen LogP contribution is -2.47. The second kappa shape index (κ2) is 9.06. The van der Waals surface area contributed by atoms with Crippen molar-refractivity contribution in [2.45, 2.75) is 43.5 Å². The van der Waals surface area contributed by atoms with Crippen LogP contribution in [-0.4, -0.2) is 56.6 Å². The van der Waals surface area contributed by atoms with Crippen LogP contribution < -0.4 is 15.0 Å². The summed E-state index contributed by atoms with van der Waals surface area (Å²) in [6, 6.07) is 16.3. The van der Waals surface area contributed by atoms with E-state index in [1.807, 2.05) is 44.4 Å². The maximum absolute atomic E-state index is 12.5. The fourth-order valence-electron chi connectivity index (χ4n) is 4.42. The predicted octanol–water partition coefficient (Wildman–Crippen LogP) is 2.50. The molecule has 2 heterocycles. The summed E-state index contributed by atoms with van der Waals surface area (Å²) in [6.45, 7) is 0.477. The summed E-state index contributed by atoms with van der Waals surface area (Å²) in [4.78, 5) is 14.5. The highest BCUT2D eigenvalue weighted by Crippen LogP contribution is 2.47. The van der Waals surface area contributed by atoms with Crippen molar-refractivity contribution in [2.75, 3.05) is 32.1 Å². The van der Waals surface area contributed by atoms with Gasteiger partial charge in [-0.05, 0) is 36.6 Å². The molecule has 4 atom stereocenters. The zero-order valence-corrected chi connectivity index (χ0v) is 17.6. The first-order valence-electron chi connectivity index (χ1n) is 10.6. The SMILES string of the molecule is CN(C)c1ccc2c(c1)[C@H]1C[C@H](CC(=O)NCCc3ccccc3)O[C@@H](CO)[C@H]1O2. The number of anilines is 1. The Balaban J connectivity index is 1.38. The summed E-state index contributed by atoms with van der Waals surface area (Å²) in [5, 5.41) is 12.9. The maximum Gasteiger partial charge on any atom is 0.222 e. The van der Waals surface area contributed by atoms with Crippen molar-refractivity contribution in [3.8, 4) is 5.75 Å². The van der Waals surface area contributed by atoms with Crippen molar-refractivity contribution >= 4 is 11.6 Å². The molecule has 2 aliphatic rings. The van der Waals surface area contributed by atoms with Gasteiger partial charge in [-0.1, -0.05) is 30.3 Å². The average Bonchev–Trinajstić information content (AvgIpc) is 3.11. The smallest absolute Gasteiger partial charge is 0.222 e. The minimum absolute atomic E-state index is 0.0211. The molecular formula is C24H30N2O4. The molecule has 4 rings (SSSR count). The van der Waals surface area contributed by atoms with E-state index in [0.717, 1.165) is 23.4 Å². The van der Waals surface area contributed by atoms with Gasteiger partial charge in [-0.25, -0.2) is 0 Å². The van der Waals surface area contributed by atoms with Gasteiger partial charge in [-0.15, -0.1) is 0 Å². The second-order valence-electron chi connectivity index (χ2n) is 8.31. The Labute approximate surface area is 177 Å². The van der Waals surface area contributed by atoms with Gasteiger partial charge in [0.05, 0.1) is 19.1 Å². The van der Waals surface area contributed by atoms with Crippen LogP contribution in [0.3, 0.4) is 0 Å². The number of ether oxygens (including phenoxy) is 2. The van der Waals surface area contributed by atoms with Crippen molar-refractivity contribution in [1.29, 1.82) is 0 Å². The normalized spacial score (nSPS) is 24.5. The fraction of sp³-hybridized carbons (Fsp3) is 0.458. The third-order valence-corrected chi connectivity index (χ3v) is 5.99. The van der Waals surface area contributed by atoms with E-state index >= 15 is 0 Å². The molecule has 0 bridgehead atoms. The molecule has 0 aliphatic carbocycles. The third-order valence-electron chi connectivity index (χ3n) is 5.99. The number of rotatable bonds is 7. The molecule has 6 heteroatoms. The van der Waals surface area contributed by atoms with Crippen molar-refractivity contribution in [2.24, 2.45) is 0 Å². The Hall–Kier alpha value is -2.57. The van der Waals surface area contributed by atoms with Gasteiger partial charge in [-0.2, -0.15) is 0 Å². The fourth-order valence-corrected chi connectivity index (χ4v) is 4.42. The highest BCUT2D eigenvalue weighted by molar-refractivity contribution is 5.76. The zero-order chi connectivity index (χ0) is 21.1. The minimum atomic E-state index is -0.430. The lowest BCUT2D eigenvalue weighted by atomic mass is 9.84. The van der Waals surface area contributed by atoms with Gasteiger partial charge in [0.25, 0.3) is 0 Å². The first kappa shape index (κ1) is 20.7. The lowest BCUT2D eigenvalue weighted by molar-refractivity contribution is -0.142. The van der Waals surface area contributed by atoms with Gasteiger partial charge in [0, 0.05) is 37.8 Å². The molecule has 160 valence electrons. The molecule has 0 saturated carbocycles. The molecule has 2 aromatic rings. The molecule has 2 aliphatic heterocycles. The van der Waals surface area contributed by atoms with Crippen molar-refractivity contribution in [3.05, 3.63) is 59.7 Å². The molecule has 0 unspecified atom stereocenters. The van der Waals surface area contributed by atoms with Gasteiger partial charge in [-0.3, -0.25) is 4.79 Å². The Morgan fingerprint density at radius 2 is 2.00 bits per heavy atom. The summed E-state index contributed by atoms with van der Waals surface area (Å²) in [7, 11) is 4.02. The monoisotopic (exact) mass is 410 g/mol. The van der Waals surface area contributed by atoms with Gasteiger partial charge in [0.2, 0.25) is 5.91 Å². The number of aliphatic hydroxyl groups is 1. The third kappa shape index (κ3) is 4.45. The van der Waals surface area contributed by atoms with Crippen LogP contribution in [0.4, 0.5) is 5.69 Å². The number of benzene rings is 2. The van der Waals surface area contributed by atoms with E-state index in [1.165, 1.54) is 5.56 Å².